The lowest BCUT2D eigenvalue weighted by atomic mass is 10.1. The highest BCUT2D eigenvalue weighted by atomic mass is 35.5. The molecule has 0 spiro atoms. The van der Waals surface area contributed by atoms with E-state index in [4.69, 9.17) is 17.3 Å². The van der Waals surface area contributed by atoms with Crippen LogP contribution < -0.4 is 5.73 Å². The summed E-state index contributed by atoms with van der Waals surface area (Å²) >= 11 is 6.23. The monoisotopic (exact) mass is 227 g/mol. The van der Waals surface area contributed by atoms with Crippen molar-refractivity contribution in [3.05, 3.63) is 16.9 Å². The van der Waals surface area contributed by atoms with Gasteiger partial charge >= 0.3 is 0 Å². The number of hydrogen-bond acceptors (Lipinski definition) is 2. The largest absolute Gasteiger partial charge is 0.326 e. The number of rotatable bonds is 2. The van der Waals surface area contributed by atoms with Gasteiger partial charge in [-0.05, 0) is 12.8 Å². The van der Waals surface area contributed by atoms with E-state index in [0.29, 0.717) is 12.6 Å². The molecular weight excluding hydrogens is 210 g/mol. The van der Waals surface area contributed by atoms with Gasteiger partial charge < -0.3 is 5.73 Å². The van der Waals surface area contributed by atoms with E-state index in [9.17, 15) is 0 Å². The molecule has 1 saturated carbocycles. The first-order valence-electron chi connectivity index (χ1n) is 5.75. The lowest BCUT2D eigenvalue weighted by Crippen LogP contribution is -2.10. The molecule has 15 heavy (non-hydrogen) atoms. The Balaban J connectivity index is 2.16. The molecule has 0 radical (unpaired) electrons. The highest BCUT2D eigenvalue weighted by Gasteiger charge is 2.18. The second-order valence-corrected chi connectivity index (χ2v) is 4.61. The molecule has 1 aromatic rings. The van der Waals surface area contributed by atoms with E-state index in [0.717, 1.165) is 10.7 Å². The highest BCUT2D eigenvalue weighted by molar-refractivity contribution is 6.30. The molecule has 0 unspecified atom stereocenters. The third-order valence-corrected chi connectivity index (χ3v) is 3.61. The molecular formula is C11H18ClN3. The smallest absolute Gasteiger partial charge is 0.131 e. The summed E-state index contributed by atoms with van der Waals surface area (Å²) in [6, 6.07) is 0.486. The molecule has 1 fully saturated rings. The van der Waals surface area contributed by atoms with Crippen molar-refractivity contribution in [3.63, 3.8) is 0 Å². The summed E-state index contributed by atoms with van der Waals surface area (Å²) in [5.41, 5.74) is 6.55. The molecule has 1 heterocycles. The van der Waals surface area contributed by atoms with Crippen LogP contribution in [-0.4, -0.2) is 9.78 Å². The molecule has 84 valence electrons. The fraction of sp³-hybridized carbons (Fsp3) is 0.727. The number of halogens is 1. The van der Waals surface area contributed by atoms with Crippen LogP contribution in [0.4, 0.5) is 0 Å². The summed E-state index contributed by atoms with van der Waals surface area (Å²) in [6.45, 7) is 0.478. The van der Waals surface area contributed by atoms with Gasteiger partial charge in [0.25, 0.3) is 0 Å². The Kier molecular flexibility index (Phi) is 3.65. The summed E-state index contributed by atoms with van der Waals surface area (Å²) < 4.78 is 1.97. The molecule has 2 N–H and O–H groups in total. The zero-order chi connectivity index (χ0) is 10.7. The van der Waals surface area contributed by atoms with E-state index in [1.165, 1.54) is 38.5 Å². The average molecular weight is 228 g/mol. The van der Waals surface area contributed by atoms with Gasteiger partial charge in [-0.15, -0.1) is 0 Å². The molecule has 3 nitrogen and oxygen atoms in total. The molecule has 0 saturated heterocycles. The number of nitrogens with zero attached hydrogens (tertiary/aromatic N) is 2. The van der Waals surface area contributed by atoms with Crippen LogP contribution in [0.25, 0.3) is 0 Å². The number of nitrogens with two attached hydrogens (primary N) is 1. The van der Waals surface area contributed by atoms with Crippen molar-refractivity contribution in [1.82, 2.24) is 9.78 Å². The SMILES string of the molecule is NCc1cnn(C2CCCCCC2)c1Cl. The zero-order valence-corrected chi connectivity index (χ0v) is 9.71. The Morgan fingerprint density at radius 2 is 2.00 bits per heavy atom. The van der Waals surface area contributed by atoms with Gasteiger partial charge in [0.15, 0.2) is 0 Å². The van der Waals surface area contributed by atoms with Crippen molar-refractivity contribution in [2.45, 2.75) is 51.1 Å². The summed E-state index contributed by atoms with van der Waals surface area (Å²) in [5.74, 6) is 0. The van der Waals surface area contributed by atoms with Gasteiger partial charge in [-0.2, -0.15) is 5.10 Å². The van der Waals surface area contributed by atoms with Crippen LogP contribution in [0.15, 0.2) is 6.20 Å². The van der Waals surface area contributed by atoms with Gasteiger partial charge in [-0.3, -0.25) is 4.68 Å². The number of hydrogen-bond donors (Lipinski definition) is 1. The van der Waals surface area contributed by atoms with E-state index >= 15 is 0 Å². The summed E-state index contributed by atoms with van der Waals surface area (Å²) in [6.07, 6.45) is 9.47. The van der Waals surface area contributed by atoms with E-state index in [1.54, 1.807) is 6.20 Å². The molecule has 4 heteroatoms. The lowest BCUT2D eigenvalue weighted by Gasteiger charge is -2.15. The van der Waals surface area contributed by atoms with Crippen LogP contribution in [0, 0.1) is 0 Å². The molecule has 0 amide bonds. The molecule has 1 aliphatic carbocycles. The maximum Gasteiger partial charge on any atom is 0.131 e. The van der Waals surface area contributed by atoms with E-state index in [1.807, 2.05) is 4.68 Å². The summed E-state index contributed by atoms with van der Waals surface area (Å²) in [4.78, 5) is 0. The standard InChI is InChI=1S/C11H18ClN3/c12-11-9(7-13)8-14-15(11)10-5-3-1-2-4-6-10/h8,10H,1-7,13H2. The highest BCUT2D eigenvalue weighted by Crippen LogP contribution is 2.30. The molecule has 0 aromatic carbocycles. The lowest BCUT2D eigenvalue weighted by molar-refractivity contribution is 0.406. The Hall–Kier alpha value is -0.540. The van der Waals surface area contributed by atoms with Crippen molar-refractivity contribution in [1.29, 1.82) is 0 Å². The van der Waals surface area contributed by atoms with Crippen LogP contribution in [0.5, 0.6) is 0 Å². The van der Waals surface area contributed by atoms with Gasteiger partial charge in [0.05, 0.1) is 12.2 Å². The average Bonchev–Trinajstić information content (AvgIpc) is 2.49. The molecule has 0 bridgehead atoms. The van der Waals surface area contributed by atoms with Crippen molar-refractivity contribution in [2.24, 2.45) is 5.73 Å². The second-order valence-electron chi connectivity index (χ2n) is 4.25. The van der Waals surface area contributed by atoms with E-state index in [2.05, 4.69) is 5.10 Å². The van der Waals surface area contributed by atoms with Gasteiger partial charge in [0.2, 0.25) is 0 Å². The van der Waals surface area contributed by atoms with Gasteiger partial charge in [0, 0.05) is 12.1 Å². The van der Waals surface area contributed by atoms with E-state index in [-0.39, 0.29) is 0 Å². The van der Waals surface area contributed by atoms with Crippen molar-refractivity contribution in [2.75, 3.05) is 0 Å². The van der Waals surface area contributed by atoms with Crippen molar-refractivity contribution in [3.8, 4) is 0 Å². The number of aromatic nitrogens is 2. The normalized spacial score (nSPS) is 19.1. The molecule has 1 aromatic heterocycles. The topological polar surface area (TPSA) is 43.8 Å². The fourth-order valence-electron chi connectivity index (χ4n) is 2.28. The minimum absolute atomic E-state index is 0.478. The maximum atomic E-state index is 6.23. The van der Waals surface area contributed by atoms with E-state index < -0.39 is 0 Å². The van der Waals surface area contributed by atoms with Crippen LogP contribution in [0.2, 0.25) is 5.15 Å². The first-order chi connectivity index (χ1) is 7.33. The predicted octanol–water partition coefficient (Wildman–Crippen LogP) is 2.89. The zero-order valence-electron chi connectivity index (χ0n) is 8.95. The summed E-state index contributed by atoms with van der Waals surface area (Å²) in [5, 5.41) is 5.10. The minimum Gasteiger partial charge on any atom is -0.326 e. The van der Waals surface area contributed by atoms with Gasteiger partial charge in [-0.1, -0.05) is 37.3 Å². The van der Waals surface area contributed by atoms with Gasteiger partial charge in [0.1, 0.15) is 5.15 Å². The minimum atomic E-state index is 0.478. The summed E-state index contributed by atoms with van der Waals surface area (Å²) in [7, 11) is 0. The van der Waals surface area contributed by atoms with Crippen molar-refractivity contribution < 1.29 is 0 Å². The second kappa shape index (κ2) is 4.99. The molecule has 0 atom stereocenters. The van der Waals surface area contributed by atoms with Crippen LogP contribution >= 0.6 is 11.6 Å². The fourth-order valence-corrected chi connectivity index (χ4v) is 2.58. The van der Waals surface area contributed by atoms with Crippen LogP contribution in [0.1, 0.15) is 50.1 Å². The first-order valence-corrected chi connectivity index (χ1v) is 6.12. The first kappa shape index (κ1) is 11.0. The predicted molar refractivity (Wildman–Crippen MR) is 61.9 cm³/mol. The molecule has 0 aliphatic heterocycles. The van der Waals surface area contributed by atoms with Crippen LogP contribution in [0.3, 0.4) is 0 Å². The third-order valence-electron chi connectivity index (χ3n) is 3.19. The maximum absolute atomic E-state index is 6.23. The Morgan fingerprint density at radius 1 is 1.33 bits per heavy atom. The third kappa shape index (κ3) is 2.34. The van der Waals surface area contributed by atoms with Gasteiger partial charge in [-0.25, -0.2) is 0 Å². The van der Waals surface area contributed by atoms with Crippen LogP contribution in [-0.2, 0) is 6.54 Å². The molecule has 2 rings (SSSR count). The Morgan fingerprint density at radius 3 is 2.53 bits per heavy atom. The Labute approximate surface area is 95.6 Å². The quantitative estimate of drug-likeness (QED) is 0.790. The molecule has 1 aliphatic rings. The van der Waals surface area contributed by atoms with Crippen molar-refractivity contribution >= 4 is 11.6 Å². The Bertz CT molecular complexity index is 314.